The first-order valence-corrected chi connectivity index (χ1v) is 10.0. The third kappa shape index (κ3) is 3.16. The first-order valence-electron chi connectivity index (χ1n) is 10.0. The first kappa shape index (κ1) is 21.8. The second kappa shape index (κ2) is 7.93. The van der Waals surface area contributed by atoms with Crippen molar-refractivity contribution in [3.8, 4) is 0 Å². The summed E-state index contributed by atoms with van der Waals surface area (Å²) in [5.41, 5.74) is 1.63. The van der Waals surface area contributed by atoms with Crippen LogP contribution in [-0.4, -0.2) is 58.7 Å². The number of allylic oxidation sites excluding steroid dienone is 1. The molecule has 31 heavy (non-hydrogen) atoms. The molecular formula is C22H20N3NaO5. The van der Waals surface area contributed by atoms with Crippen LogP contribution >= 0.6 is 0 Å². The van der Waals surface area contributed by atoms with Gasteiger partial charge in [-0.1, -0.05) is 18.2 Å². The van der Waals surface area contributed by atoms with E-state index in [1.165, 1.54) is 16.7 Å². The van der Waals surface area contributed by atoms with E-state index in [4.69, 9.17) is 0 Å². The molecule has 5 rings (SSSR count). The van der Waals surface area contributed by atoms with Gasteiger partial charge in [0.2, 0.25) is 5.91 Å². The average Bonchev–Trinajstić information content (AvgIpc) is 3.25. The van der Waals surface area contributed by atoms with Crippen LogP contribution in [0, 0.1) is 5.92 Å². The molecule has 1 aromatic rings. The van der Waals surface area contributed by atoms with Gasteiger partial charge in [-0.05, 0) is 36.6 Å². The molecule has 0 aromatic heterocycles. The van der Waals surface area contributed by atoms with Crippen molar-refractivity contribution in [3.63, 3.8) is 0 Å². The predicted molar refractivity (Wildman–Crippen MR) is 103 cm³/mol. The molecule has 1 aromatic carbocycles. The van der Waals surface area contributed by atoms with E-state index in [1.54, 1.807) is 11.0 Å². The number of hydrogen-bond acceptors (Lipinski definition) is 5. The van der Waals surface area contributed by atoms with Crippen LogP contribution in [0.5, 0.6) is 0 Å². The minimum Gasteiger partial charge on any atom is -0.543 e. The standard InChI is InChI=1S/C22H21N3O5.Na/c1-12(26)23-10-8-15-16(18(22(29)30)25-17(15)19(23)21(25)28)11-13-7-9-24(20(13)27)14-5-3-2-4-6-14;/h2-6,11,15,17,19H,7-10H2,1H3,(H,29,30);/q;+1/p-1/b13-11+;/t15?,17-,19+;/m1./s1. The Morgan fingerprint density at radius 2 is 1.84 bits per heavy atom. The van der Waals surface area contributed by atoms with Gasteiger partial charge in [-0.15, -0.1) is 0 Å². The van der Waals surface area contributed by atoms with Crippen molar-refractivity contribution in [2.45, 2.75) is 31.8 Å². The van der Waals surface area contributed by atoms with Gasteiger partial charge in [0.25, 0.3) is 11.8 Å². The van der Waals surface area contributed by atoms with Crippen LogP contribution in [0.1, 0.15) is 19.8 Å². The fraction of sp³-hybridized carbons (Fsp3) is 0.364. The average molecular weight is 429 g/mol. The third-order valence-corrected chi connectivity index (χ3v) is 6.57. The summed E-state index contributed by atoms with van der Waals surface area (Å²) in [6, 6.07) is 8.28. The van der Waals surface area contributed by atoms with Crippen molar-refractivity contribution in [2.75, 3.05) is 18.0 Å². The van der Waals surface area contributed by atoms with Gasteiger partial charge in [0.1, 0.15) is 6.04 Å². The summed E-state index contributed by atoms with van der Waals surface area (Å²) in [6.45, 7) is 2.31. The van der Waals surface area contributed by atoms with Crippen molar-refractivity contribution >= 4 is 29.4 Å². The fourth-order valence-corrected chi connectivity index (χ4v) is 5.25. The van der Waals surface area contributed by atoms with Crippen LogP contribution in [0.25, 0.3) is 0 Å². The molecule has 0 saturated carbocycles. The van der Waals surface area contributed by atoms with E-state index in [1.807, 2.05) is 30.3 Å². The number of piperidine rings is 1. The number of hydrogen-bond donors (Lipinski definition) is 0. The van der Waals surface area contributed by atoms with Crippen LogP contribution in [0.3, 0.4) is 0 Å². The Kier molecular flexibility index (Phi) is 5.57. The number of carbonyl (C=O) groups is 4. The summed E-state index contributed by atoms with van der Waals surface area (Å²) in [6.07, 6.45) is 2.68. The van der Waals surface area contributed by atoms with Gasteiger partial charge in [-0.25, -0.2) is 0 Å². The second-order valence-electron chi connectivity index (χ2n) is 8.05. The van der Waals surface area contributed by atoms with Crippen molar-refractivity contribution in [2.24, 2.45) is 5.92 Å². The summed E-state index contributed by atoms with van der Waals surface area (Å²) >= 11 is 0. The van der Waals surface area contributed by atoms with Gasteiger partial charge in [0, 0.05) is 37.2 Å². The van der Waals surface area contributed by atoms with Gasteiger partial charge in [-0.3, -0.25) is 14.4 Å². The predicted octanol–water partition coefficient (Wildman–Crippen LogP) is -3.18. The largest absolute Gasteiger partial charge is 1.00 e. The van der Waals surface area contributed by atoms with Crippen LogP contribution < -0.4 is 39.6 Å². The number of anilines is 1. The number of carboxylic acid groups (broad SMARTS) is 1. The van der Waals surface area contributed by atoms with Gasteiger partial charge < -0.3 is 24.6 Å². The number of nitrogens with zero attached hydrogens (tertiary/aromatic N) is 3. The number of para-hydroxylation sites is 1. The molecule has 0 aliphatic carbocycles. The SMILES string of the molecule is CC(=O)N1CCC2C(/C=C3\CCN(c4ccccc4)C3=O)=C(C(=O)[O-])N3C(=O)[C@@H]1[C@@H]23.[Na+]. The molecule has 0 bridgehead atoms. The van der Waals surface area contributed by atoms with E-state index >= 15 is 0 Å². The van der Waals surface area contributed by atoms with Crippen LogP contribution in [0.2, 0.25) is 0 Å². The van der Waals surface area contributed by atoms with E-state index in [9.17, 15) is 24.3 Å². The maximum Gasteiger partial charge on any atom is 1.00 e. The Bertz CT molecular complexity index is 1050. The summed E-state index contributed by atoms with van der Waals surface area (Å²) in [5.74, 6) is -2.40. The molecule has 3 atom stereocenters. The van der Waals surface area contributed by atoms with Crippen LogP contribution in [0.4, 0.5) is 5.69 Å². The molecule has 0 radical (unpaired) electrons. The minimum absolute atomic E-state index is 0. The van der Waals surface area contributed by atoms with E-state index in [-0.39, 0.29) is 53.0 Å². The van der Waals surface area contributed by atoms with E-state index in [0.717, 1.165) is 5.69 Å². The number of amides is 3. The molecule has 4 aliphatic heterocycles. The first-order chi connectivity index (χ1) is 14.4. The number of likely N-dealkylation sites (tertiary alicyclic amines) is 1. The van der Waals surface area contributed by atoms with Crippen LogP contribution in [-0.2, 0) is 19.2 Å². The molecule has 4 heterocycles. The number of benzene rings is 1. The molecule has 0 N–H and O–H groups in total. The van der Waals surface area contributed by atoms with Gasteiger partial charge >= 0.3 is 29.6 Å². The number of carboxylic acids is 1. The third-order valence-electron chi connectivity index (χ3n) is 6.57. The number of carbonyl (C=O) groups excluding carboxylic acids is 4. The van der Waals surface area contributed by atoms with Gasteiger partial charge in [-0.2, -0.15) is 0 Å². The van der Waals surface area contributed by atoms with E-state index in [0.29, 0.717) is 37.1 Å². The molecule has 154 valence electrons. The Morgan fingerprint density at radius 1 is 1.13 bits per heavy atom. The number of aliphatic carboxylic acids is 1. The molecule has 0 spiro atoms. The van der Waals surface area contributed by atoms with Gasteiger partial charge in [0.15, 0.2) is 0 Å². The molecule has 8 nitrogen and oxygen atoms in total. The van der Waals surface area contributed by atoms with Crippen molar-refractivity contribution in [1.82, 2.24) is 9.80 Å². The fourth-order valence-electron chi connectivity index (χ4n) is 5.25. The summed E-state index contributed by atoms with van der Waals surface area (Å²) in [7, 11) is 0. The molecule has 9 heteroatoms. The zero-order valence-corrected chi connectivity index (χ0v) is 19.4. The monoisotopic (exact) mass is 429 g/mol. The Morgan fingerprint density at radius 3 is 2.48 bits per heavy atom. The topological polar surface area (TPSA) is 101 Å². The Balaban J connectivity index is 0.00000231. The molecule has 3 fully saturated rings. The maximum atomic E-state index is 13.0. The smallest absolute Gasteiger partial charge is 0.543 e. The molecule has 4 aliphatic rings. The maximum absolute atomic E-state index is 13.0. The summed E-state index contributed by atoms with van der Waals surface area (Å²) in [4.78, 5) is 53.9. The van der Waals surface area contributed by atoms with Crippen molar-refractivity contribution in [3.05, 3.63) is 53.3 Å². The second-order valence-corrected chi connectivity index (χ2v) is 8.05. The molecule has 1 unspecified atom stereocenters. The molecular weight excluding hydrogens is 409 g/mol. The van der Waals surface area contributed by atoms with Crippen molar-refractivity contribution < 1.29 is 53.8 Å². The van der Waals surface area contributed by atoms with E-state index < -0.39 is 24.0 Å². The Labute approximate surface area is 201 Å². The summed E-state index contributed by atoms with van der Waals surface area (Å²) in [5, 5.41) is 11.9. The molecule has 3 saturated heterocycles. The van der Waals surface area contributed by atoms with Crippen LogP contribution in [0.15, 0.2) is 53.3 Å². The summed E-state index contributed by atoms with van der Waals surface area (Å²) < 4.78 is 0. The quantitative estimate of drug-likeness (QED) is 0.287. The van der Waals surface area contributed by atoms with Gasteiger partial charge in [0.05, 0.1) is 17.7 Å². The normalized spacial score (nSPS) is 28.0. The van der Waals surface area contributed by atoms with Crippen molar-refractivity contribution in [1.29, 1.82) is 0 Å². The Hall–Kier alpha value is -2.42. The van der Waals surface area contributed by atoms with E-state index in [2.05, 4.69) is 0 Å². The number of rotatable bonds is 3. The number of β-lactam (4-membered cyclic amide) rings is 1. The molecule has 3 amide bonds. The zero-order chi connectivity index (χ0) is 21.2. The minimum atomic E-state index is -1.43. The zero-order valence-electron chi connectivity index (χ0n) is 17.4.